The molecule has 1 aromatic carbocycles. The van der Waals surface area contributed by atoms with Gasteiger partial charge in [-0.2, -0.15) is 0 Å². The molecule has 0 unspecified atom stereocenters. The fraction of sp³-hybridized carbons (Fsp3) is 0.0833. The fourth-order valence-electron chi connectivity index (χ4n) is 1.51. The number of nitrogens with one attached hydrogen (secondary N) is 1. The van der Waals surface area contributed by atoms with Crippen LogP contribution in [0.5, 0.6) is 0 Å². The number of aliphatic imine (C=N–C) groups is 1. The second-order valence-electron chi connectivity index (χ2n) is 3.47. The summed E-state index contributed by atoms with van der Waals surface area (Å²) in [5, 5.41) is 11.5. The summed E-state index contributed by atoms with van der Waals surface area (Å²) >= 11 is 0. The van der Waals surface area contributed by atoms with E-state index in [-0.39, 0.29) is 11.1 Å². The molecule has 0 bridgehead atoms. The van der Waals surface area contributed by atoms with E-state index in [1.165, 1.54) is 12.1 Å². The van der Waals surface area contributed by atoms with Gasteiger partial charge >= 0.3 is 5.97 Å². The van der Waals surface area contributed by atoms with Crippen LogP contribution in [-0.2, 0) is 0 Å². The van der Waals surface area contributed by atoms with Gasteiger partial charge in [0.1, 0.15) is 5.84 Å². The van der Waals surface area contributed by atoms with Crippen molar-refractivity contribution in [2.75, 3.05) is 0 Å². The molecule has 0 aliphatic carbocycles. The van der Waals surface area contributed by atoms with Crippen LogP contribution in [0.4, 0.5) is 0 Å². The summed E-state index contributed by atoms with van der Waals surface area (Å²) in [6, 6.07) is 6.07. The van der Waals surface area contributed by atoms with Gasteiger partial charge in [0.15, 0.2) is 0 Å². The van der Waals surface area contributed by atoms with Crippen molar-refractivity contribution in [1.82, 2.24) is 5.32 Å². The Bertz CT molecular complexity index is 532. The quantitative estimate of drug-likeness (QED) is 0.806. The first-order valence-corrected chi connectivity index (χ1v) is 5.04. The van der Waals surface area contributed by atoms with Crippen LogP contribution in [-0.4, -0.2) is 22.8 Å². The third-order valence-electron chi connectivity index (χ3n) is 2.31. The van der Waals surface area contributed by atoms with Crippen LogP contribution in [0, 0.1) is 0 Å². The van der Waals surface area contributed by atoms with E-state index in [1.807, 2.05) is 0 Å². The highest BCUT2D eigenvalue weighted by atomic mass is 16.4. The molecule has 1 aliphatic rings. The molecule has 0 radical (unpaired) electrons. The lowest BCUT2D eigenvalue weighted by atomic mass is 10.1. The van der Waals surface area contributed by atoms with Crippen LogP contribution in [0.15, 0.2) is 41.5 Å². The standard InChI is InChI=1S/C12H10N2O3/c15-11(14-10-6-3-7-13-10)8-4-1-2-5-9(8)12(16)17/h1-5,7H,6H2,(H,16,17)(H,13,14,15). The van der Waals surface area contributed by atoms with Gasteiger partial charge in [-0.3, -0.25) is 4.79 Å². The van der Waals surface area contributed by atoms with Gasteiger partial charge in [0.25, 0.3) is 5.91 Å². The maximum Gasteiger partial charge on any atom is 0.336 e. The number of amides is 1. The molecule has 1 aromatic rings. The summed E-state index contributed by atoms with van der Waals surface area (Å²) in [5.41, 5.74) is 0.117. The maximum absolute atomic E-state index is 11.8. The van der Waals surface area contributed by atoms with E-state index >= 15 is 0 Å². The molecule has 0 saturated carbocycles. The Morgan fingerprint density at radius 3 is 2.53 bits per heavy atom. The van der Waals surface area contributed by atoms with Crippen LogP contribution in [0.3, 0.4) is 0 Å². The van der Waals surface area contributed by atoms with E-state index < -0.39 is 11.9 Å². The zero-order valence-corrected chi connectivity index (χ0v) is 8.88. The molecular weight excluding hydrogens is 220 g/mol. The molecule has 0 aromatic heterocycles. The first-order valence-electron chi connectivity index (χ1n) is 5.04. The van der Waals surface area contributed by atoms with E-state index in [0.717, 1.165) is 0 Å². The molecule has 0 atom stereocenters. The minimum atomic E-state index is -1.12. The van der Waals surface area contributed by atoms with Gasteiger partial charge in [0.2, 0.25) is 0 Å². The van der Waals surface area contributed by atoms with Crippen LogP contribution >= 0.6 is 0 Å². The first-order chi connectivity index (χ1) is 8.18. The van der Waals surface area contributed by atoms with E-state index in [2.05, 4.69) is 10.3 Å². The molecule has 0 fully saturated rings. The topological polar surface area (TPSA) is 78.8 Å². The summed E-state index contributed by atoms with van der Waals surface area (Å²) < 4.78 is 0. The highest BCUT2D eigenvalue weighted by molar-refractivity contribution is 6.11. The molecule has 2 rings (SSSR count). The maximum atomic E-state index is 11.8. The Hall–Kier alpha value is -2.43. The van der Waals surface area contributed by atoms with Crippen molar-refractivity contribution in [3.63, 3.8) is 0 Å². The second kappa shape index (κ2) is 4.61. The Morgan fingerprint density at radius 1 is 1.24 bits per heavy atom. The van der Waals surface area contributed by atoms with Crippen molar-refractivity contribution in [2.24, 2.45) is 4.99 Å². The molecule has 0 spiro atoms. The lowest BCUT2D eigenvalue weighted by molar-refractivity contribution is 0.0691. The van der Waals surface area contributed by atoms with Crippen molar-refractivity contribution in [1.29, 1.82) is 0 Å². The summed E-state index contributed by atoms with van der Waals surface area (Å²) in [4.78, 5) is 26.7. The number of amidine groups is 1. The van der Waals surface area contributed by atoms with Crippen molar-refractivity contribution in [2.45, 2.75) is 6.42 Å². The molecule has 1 heterocycles. The van der Waals surface area contributed by atoms with Crippen molar-refractivity contribution < 1.29 is 14.7 Å². The number of carbonyl (C=O) groups excluding carboxylic acids is 1. The number of carboxylic acid groups (broad SMARTS) is 1. The molecule has 86 valence electrons. The molecule has 1 aliphatic heterocycles. The smallest absolute Gasteiger partial charge is 0.336 e. The zero-order valence-electron chi connectivity index (χ0n) is 8.88. The molecule has 2 N–H and O–H groups in total. The molecule has 5 heteroatoms. The van der Waals surface area contributed by atoms with Crippen LogP contribution in [0.1, 0.15) is 27.1 Å². The van der Waals surface area contributed by atoms with Crippen molar-refractivity contribution in [3.05, 3.63) is 47.7 Å². The summed E-state index contributed by atoms with van der Waals surface area (Å²) in [6.07, 6.45) is 3.96. The Labute approximate surface area is 97.5 Å². The largest absolute Gasteiger partial charge is 0.478 e. The Balaban J connectivity index is 2.21. The molecule has 17 heavy (non-hydrogen) atoms. The number of carboxylic acids is 1. The zero-order chi connectivity index (χ0) is 12.3. The van der Waals surface area contributed by atoms with E-state index in [4.69, 9.17) is 5.11 Å². The van der Waals surface area contributed by atoms with Crippen molar-refractivity contribution >= 4 is 17.7 Å². The van der Waals surface area contributed by atoms with Gasteiger partial charge in [0, 0.05) is 12.6 Å². The van der Waals surface area contributed by atoms with Crippen LogP contribution < -0.4 is 5.32 Å². The van der Waals surface area contributed by atoms with Gasteiger partial charge in [0.05, 0.1) is 11.1 Å². The van der Waals surface area contributed by atoms with Gasteiger partial charge in [-0.05, 0) is 12.1 Å². The highest BCUT2D eigenvalue weighted by Gasteiger charge is 2.16. The van der Waals surface area contributed by atoms with E-state index in [9.17, 15) is 9.59 Å². The number of carbonyl (C=O) groups is 2. The molecule has 5 nitrogen and oxygen atoms in total. The monoisotopic (exact) mass is 230 g/mol. The lowest BCUT2D eigenvalue weighted by Crippen LogP contribution is -2.30. The Morgan fingerprint density at radius 2 is 1.94 bits per heavy atom. The third kappa shape index (κ3) is 2.39. The summed E-state index contributed by atoms with van der Waals surface area (Å²) in [6.45, 7) is 0. The van der Waals surface area contributed by atoms with Crippen LogP contribution in [0.2, 0.25) is 0 Å². The van der Waals surface area contributed by atoms with Gasteiger partial charge < -0.3 is 10.4 Å². The predicted molar refractivity (Wildman–Crippen MR) is 62.1 cm³/mol. The predicted octanol–water partition coefficient (Wildman–Crippen LogP) is 1.43. The fourth-order valence-corrected chi connectivity index (χ4v) is 1.51. The number of nitrogens with zero attached hydrogens (tertiary/aromatic N) is 1. The van der Waals surface area contributed by atoms with Gasteiger partial charge in [-0.1, -0.05) is 18.2 Å². The average molecular weight is 230 g/mol. The Kier molecular flexibility index (Phi) is 3.00. The normalized spacial score (nSPS) is 13.3. The number of aromatic carboxylic acids is 1. The second-order valence-corrected chi connectivity index (χ2v) is 3.47. The number of rotatable bonds is 2. The first kappa shape index (κ1) is 11.1. The van der Waals surface area contributed by atoms with Crippen LogP contribution in [0.25, 0.3) is 0 Å². The summed E-state index contributed by atoms with van der Waals surface area (Å²) in [7, 11) is 0. The lowest BCUT2D eigenvalue weighted by Gasteiger charge is -2.06. The molecule has 0 saturated heterocycles. The molecule has 1 amide bonds. The van der Waals surface area contributed by atoms with E-state index in [0.29, 0.717) is 12.3 Å². The minimum absolute atomic E-state index is 0.0171. The number of hydrogen-bond donors (Lipinski definition) is 2. The number of hydrogen-bond acceptors (Lipinski definition) is 3. The number of benzene rings is 1. The minimum Gasteiger partial charge on any atom is -0.478 e. The SMILES string of the molecule is O=C(O)c1ccccc1C(=O)NC1=NC=CC1. The molecular formula is C12H10N2O3. The summed E-state index contributed by atoms with van der Waals surface area (Å²) in [5.74, 6) is -1.05. The highest BCUT2D eigenvalue weighted by Crippen LogP contribution is 2.09. The average Bonchev–Trinajstić information content (AvgIpc) is 2.81. The third-order valence-corrected chi connectivity index (χ3v) is 2.31. The van der Waals surface area contributed by atoms with E-state index in [1.54, 1.807) is 24.4 Å². The van der Waals surface area contributed by atoms with Gasteiger partial charge in [-0.15, -0.1) is 0 Å². The van der Waals surface area contributed by atoms with Gasteiger partial charge in [-0.25, -0.2) is 9.79 Å². The van der Waals surface area contributed by atoms with Crippen molar-refractivity contribution in [3.8, 4) is 0 Å².